The van der Waals surface area contributed by atoms with E-state index >= 15 is 0 Å². The minimum Gasteiger partial charge on any atom is -0.490 e. The highest BCUT2D eigenvalue weighted by atomic mass is 32.2. The van der Waals surface area contributed by atoms with E-state index in [1.165, 1.54) is 29.0 Å². The summed E-state index contributed by atoms with van der Waals surface area (Å²) in [6.45, 7) is 4.69. The Morgan fingerprint density at radius 3 is 2.43 bits per heavy atom. The number of carbonyl (C=O) groups excluding carboxylic acids is 1. The zero-order valence-electron chi connectivity index (χ0n) is 17.1. The summed E-state index contributed by atoms with van der Waals surface area (Å²) in [5, 5.41) is -0.0529. The molecule has 0 N–H and O–H groups in total. The van der Waals surface area contributed by atoms with Gasteiger partial charge in [0.05, 0.1) is 18.0 Å². The molecule has 1 amide bonds. The van der Waals surface area contributed by atoms with E-state index in [1.807, 2.05) is 13.8 Å². The van der Waals surface area contributed by atoms with Crippen LogP contribution in [-0.4, -0.2) is 60.5 Å². The molecule has 2 aromatic heterocycles. The molecular formula is C20H25N3O6S. The number of rotatable bonds is 5. The van der Waals surface area contributed by atoms with Crippen LogP contribution in [0, 0.1) is 0 Å². The van der Waals surface area contributed by atoms with Crippen LogP contribution >= 0.6 is 0 Å². The number of carbonyl (C=O) groups is 1. The van der Waals surface area contributed by atoms with Crippen LogP contribution in [0.1, 0.15) is 26.7 Å². The Labute approximate surface area is 175 Å². The number of hydrogen-bond donors (Lipinski definition) is 0. The predicted molar refractivity (Wildman–Crippen MR) is 110 cm³/mol. The minimum atomic E-state index is -3.40. The lowest BCUT2D eigenvalue weighted by molar-refractivity contribution is 0.0516. The Morgan fingerprint density at radius 1 is 1.20 bits per heavy atom. The number of aromatic nitrogens is 2. The molecule has 1 saturated heterocycles. The predicted octanol–water partition coefficient (Wildman–Crippen LogP) is 2.02. The summed E-state index contributed by atoms with van der Waals surface area (Å²) in [6.07, 6.45) is 4.69. The molecule has 0 bridgehead atoms. The Kier molecular flexibility index (Phi) is 6.45. The average molecular weight is 436 g/mol. The first-order valence-electron chi connectivity index (χ1n) is 9.65. The number of piperidine rings is 1. The zero-order valence-corrected chi connectivity index (χ0v) is 18.0. The highest BCUT2D eigenvalue weighted by Crippen LogP contribution is 2.19. The third-order valence-corrected chi connectivity index (χ3v) is 5.61. The van der Waals surface area contributed by atoms with E-state index < -0.39 is 9.84 Å². The molecule has 10 heteroatoms. The number of likely N-dealkylation sites (tertiary alicyclic amines) is 1. The SMILES string of the molecule is CC(C)OC(=O)N1CCC(Oc2ccn(-c3ccc(S(C)(=O)=O)nc3)c(=O)c2)CC1. The first kappa shape index (κ1) is 21.8. The summed E-state index contributed by atoms with van der Waals surface area (Å²) in [4.78, 5) is 30.0. The maximum Gasteiger partial charge on any atom is 0.410 e. The topological polar surface area (TPSA) is 108 Å². The Bertz CT molecular complexity index is 1050. The first-order valence-corrected chi connectivity index (χ1v) is 11.5. The lowest BCUT2D eigenvalue weighted by atomic mass is 10.1. The fourth-order valence-corrected chi connectivity index (χ4v) is 3.67. The van der Waals surface area contributed by atoms with Crippen LogP contribution in [0.2, 0.25) is 0 Å². The summed E-state index contributed by atoms with van der Waals surface area (Å²) in [5.41, 5.74) is 0.135. The molecule has 3 rings (SSSR count). The lowest BCUT2D eigenvalue weighted by Crippen LogP contribution is -2.42. The third-order valence-electron chi connectivity index (χ3n) is 4.61. The smallest absolute Gasteiger partial charge is 0.410 e. The highest BCUT2D eigenvalue weighted by Gasteiger charge is 2.25. The van der Waals surface area contributed by atoms with Crippen molar-refractivity contribution < 1.29 is 22.7 Å². The van der Waals surface area contributed by atoms with Gasteiger partial charge in [0.25, 0.3) is 5.56 Å². The van der Waals surface area contributed by atoms with Crippen molar-refractivity contribution in [3.05, 3.63) is 47.0 Å². The summed E-state index contributed by atoms with van der Waals surface area (Å²) < 4.78 is 35.5. The van der Waals surface area contributed by atoms with E-state index in [0.717, 1.165) is 6.26 Å². The molecule has 0 aliphatic carbocycles. The maximum absolute atomic E-state index is 12.5. The Morgan fingerprint density at radius 2 is 1.90 bits per heavy atom. The van der Waals surface area contributed by atoms with Gasteiger partial charge < -0.3 is 14.4 Å². The monoisotopic (exact) mass is 435 g/mol. The van der Waals surface area contributed by atoms with Gasteiger partial charge in [-0.05, 0) is 32.0 Å². The lowest BCUT2D eigenvalue weighted by Gasteiger charge is -2.32. The molecule has 1 aliphatic heterocycles. The van der Waals surface area contributed by atoms with Gasteiger partial charge in [0.1, 0.15) is 11.9 Å². The molecule has 0 radical (unpaired) electrons. The van der Waals surface area contributed by atoms with E-state index in [2.05, 4.69) is 4.98 Å². The van der Waals surface area contributed by atoms with Crippen molar-refractivity contribution in [3.63, 3.8) is 0 Å². The summed E-state index contributed by atoms with van der Waals surface area (Å²) in [6, 6.07) is 5.94. The van der Waals surface area contributed by atoms with Crippen molar-refractivity contribution in [3.8, 4) is 11.4 Å². The second-order valence-electron chi connectivity index (χ2n) is 7.43. The molecule has 0 unspecified atom stereocenters. The number of pyridine rings is 2. The first-order chi connectivity index (χ1) is 14.1. The largest absolute Gasteiger partial charge is 0.490 e. The summed E-state index contributed by atoms with van der Waals surface area (Å²) >= 11 is 0. The van der Waals surface area contributed by atoms with E-state index in [4.69, 9.17) is 9.47 Å². The van der Waals surface area contributed by atoms with Crippen LogP contribution in [0.4, 0.5) is 4.79 Å². The van der Waals surface area contributed by atoms with Crippen molar-refractivity contribution >= 4 is 15.9 Å². The normalized spacial score (nSPS) is 15.3. The molecule has 9 nitrogen and oxygen atoms in total. The van der Waals surface area contributed by atoms with Crippen LogP contribution in [0.25, 0.3) is 5.69 Å². The van der Waals surface area contributed by atoms with Crippen LogP contribution in [-0.2, 0) is 14.6 Å². The van der Waals surface area contributed by atoms with Crippen LogP contribution in [0.15, 0.2) is 46.5 Å². The third kappa shape index (κ3) is 5.38. The summed E-state index contributed by atoms with van der Waals surface area (Å²) in [7, 11) is -3.40. The van der Waals surface area contributed by atoms with Gasteiger partial charge in [-0.15, -0.1) is 0 Å². The molecule has 162 valence electrons. The number of hydrogen-bond acceptors (Lipinski definition) is 7. The van der Waals surface area contributed by atoms with Crippen LogP contribution in [0.3, 0.4) is 0 Å². The number of amides is 1. The fraction of sp³-hybridized carbons (Fsp3) is 0.450. The molecule has 1 aliphatic rings. The van der Waals surface area contributed by atoms with Gasteiger partial charge >= 0.3 is 6.09 Å². The van der Waals surface area contributed by atoms with Crippen molar-refractivity contribution in [1.82, 2.24) is 14.5 Å². The average Bonchev–Trinajstić information content (AvgIpc) is 2.67. The second kappa shape index (κ2) is 8.86. The van der Waals surface area contributed by atoms with Crippen molar-refractivity contribution in [2.75, 3.05) is 19.3 Å². The van der Waals surface area contributed by atoms with Gasteiger partial charge in [-0.3, -0.25) is 9.36 Å². The van der Waals surface area contributed by atoms with Crippen molar-refractivity contribution in [2.24, 2.45) is 0 Å². The van der Waals surface area contributed by atoms with E-state index in [-0.39, 0.29) is 28.9 Å². The van der Waals surface area contributed by atoms with Gasteiger partial charge in [-0.2, -0.15) is 0 Å². The van der Waals surface area contributed by atoms with E-state index in [0.29, 0.717) is 37.4 Å². The Balaban J connectivity index is 1.63. The van der Waals surface area contributed by atoms with Crippen molar-refractivity contribution in [2.45, 2.75) is 43.9 Å². The molecule has 0 atom stereocenters. The minimum absolute atomic E-state index is 0.0529. The second-order valence-corrected chi connectivity index (χ2v) is 9.40. The number of ether oxygens (including phenoxy) is 2. The van der Waals surface area contributed by atoms with Gasteiger partial charge in [0.15, 0.2) is 14.9 Å². The van der Waals surface area contributed by atoms with Gasteiger partial charge in [-0.1, -0.05) is 0 Å². The Hall–Kier alpha value is -2.88. The van der Waals surface area contributed by atoms with Gasteiger partial charge in [0, 0.05) is 44.5 Å². The molecule has 3 heterocycles. The molecule has 30 heavy (non-hydrogen) atoms. The molecular weight excluding hydrogens is 410 g/mol. The number of nitrogens with zero attached hydrogens (tertiary/aromatic N) is 3. The van der Waals surface area contributed by atoms with Gasteiger partial charge in [-0.25, -0.2) is 18.2 Å². The molecule has 0 aromatic carbocycles. The quantitative estimate of drug-likeness (QED) is 0.707. The van der Waals surface area contributed by atoms with E-state index in [1.54, 1.807) is 17.2 Å². The molecule has 0 saturated carbocycles. The maximum atomic E-state index is 12.5. The highest BCUT2D eigenvalue weighted by molar-refractivity contribution is 7.90. The molecule has 0 spiro atoms. The fourth-order valence-electron chi connectivity index (χ4n) is 3.11. The number of sulfone groups is 1. The van der Waals surface area contributed by atoms with Gasteiger partial charge in [0.2, 0.25) is 0 Å². The molecule has 2 aromatic rings. The van der Waals surface area contributed by atoms with Crippen LogP contribution in [0.5, 0.6) is 5.75 Å². The van der Waals surface area contributed by atoms with E-state index in [9.17, 15) is 18.0 Å². The standard InChI is InChI=1S/C20H25N3O6S/c1-14(2)28-20(25)22-9-6-16(7-10-22)29-17-8-11-23(19(24)12-17)15-4-5-18(21-13-15)30(3,26)27/h4-5,8,11-14,16H,6-7,9-10H2,1-3H3. The zero-order chi connectivity index (χ0) is 21.9. The van der Waals surface area contributed by atoms with Crippen LogP contribution < -0.4 is 10.3 Å². The summed E-state index contributed by atoms with van der Waals surface area (Å²) in [5.74, 6) is 0.445. The molecule has 1 fully saturated rings. The van der Waals surface area contributed by atoms with Crippen molar-refractivity contribution in [1.29, 1.82) is 0 Å².